The van der Waals surface area contributed by atoms with Gasteiger partial charge in [0.05, 0.1) is 30.3 Å². The minimum atomic E-state index is -0.380. The Morgan fingerprint density at radius 2 is 1.75 bits per heavy atom. The van der Waals surface area contributed by atoms with E-state index in [-0.39, 0.29) is 11.7 Å². The first-order valence-electron chi connectivity index (χ1n) is 8.86. The molecule has 0 spiro atoms. The molecule has 0 aliphatic rings. The lowest BCUT2D eigenvalue weighted by molar-refractivity contribution is 0.0600. The molecule has 0 saturated carbocycles. The van der Waals surface area contributed by atoms with Crippen LogP contribution in [0.3, 0.4) is 0 Å². The maximum absolute atomic E-state index is 12.4. The highest BCUT2D eigenvalue weighted by Gasteiger charge is 2.10. The van der Waals surface area contributed by atoms with E-state index in [1.807, 2.05) is 60.7 Å². The summed E-state index contributed by atoms with van der Waals surface area (Å²) in [7, 11) is 1.35. The number of imidazole rings is 1. The van der Waals surface area contributed by atoms with E-state index in [1.165, 1.54) is 7.11 Å². The Morgan fingerprint density at radius 1 is 1.00 bits per heavy atom. The summed E-state index contributed by atoms with van der Waals surface area (Å²) >= 11 is 0. The van der Waals surface area contributed by atoms with Crippen molar-refractivity contribution in [3.8, 4) is 0 Å². The lowest BCUT2D eigenvalue weighted by Crippen LogP contribution is -2.17. The van der Waals surface area contributed by atoms with Gasteiger partial charge in [-0.25, -0.2) is 9.59 Å². The molecule has 6 nitrogen and oxygen atoms in total. The number of aromatic nitrogens is 2. The zero-order valence-electron chi connectivity index (χ0n) is 15.3. The summed E-state index contributed by atoms with van der Waals surface area (Å²) in [6, 6.07) is 22.7. The van der Waals surface area contributed by atoms with Crippen LogP contribution in [0.4, 0.5) is 11.4 Å². The van der Waals surface area contributed by atoms with E-state index in [4.69, 9.17) is 4.74 Å². The third-order valence-corrected chi connectivity index (χ3v) is 4.55. The number of para-hydroxylation sites is 1. The third-order valence-electron chi connectivity index (χ3n) is 4.55. The molecule has 0 saturated heterocycles. The maximum atomic E-state index is 12.4. The van der Waals surface area contributed by atoms with Gasteiger partial charge in [0, 0.05) is 11.4 Å². The van der Waals surface area contributed by atoms with E-state index in [1.54, 1.807) is 16.7 Å². The molecule has 140 valence electrons. The summed E-state index contributed by atoms with van der Waals surface area (Å²) < 4.78 is 6.38. The number of hydrogen-bond donors (Lipinski definition) is 2. The second-order valence-corrected chi connectivity index (χ2v) is 6.43. The van der Waals surface area contributed by atoms with Crippen LogP contribution in [0.15, 0.2) is 77.6 Å². The van der Waals surface area contributed by atoms with Crippen molar-refractivity contribution in [1.29, 1.82) is 0 Å². The SMILES string of the molecule is COC(=O)c1ccc(Cn2c(=O)[nH]c3cc(Nc4ccccc4)ccc32)cc1. The van der Waals surface area contributed by atoms with Crippen LogP contribution in [-0.2, 0) is 11.3 Å². The molecule has 0 unspecified atom stereocenters. The van der Waals surface area contributed by atoms with Crippen molar-refractivity contribution in [2.45, 2.75) is 6.54 Å². The third kappa shape index (κ3) is 3.53. The number of H-pyrrole nitrogens is 1. The molecular weight excluding hydrogens is 354 g/mol. The van der Waals surface area contributed by atoms with Crippen molar-refractivity contribution in [3.05, 3.63) is 94.4 Å². The maximum Gasteiger partial charge on any atom is 0.337 e. The van der Waals surface area contributed by atoms with Crippen molar-refractivity contribution < 1.29 is 9.53 Å². The number of nitrogens with one attached hydrogen (secondary N) is 2. The highest BCUT2D eigenvalue weighted by Crippen LogP contribution is 2.21. The second-order valence-electron chi connectivity index (χ2n) is 6.43. The fourth-order valence-corrected chi connectivity index (χ4v) is 3.13. The van der Waals surface area contributed by atoms with Gasteiger partial charge in [-0.2, -0.15) is 0 Å². The topological polar surface area (TPSA) is 76.1 Å². The minimum Gasteiger partial charge on any atom is -0.465 e. The van der Waals surface area contributed by atoms with Crippen molar-refractivity contribution in [1.82, 2.24) is 9.55 Å². The van der Waals surface area contributed by atoms with Crippen LogP contribution < -0.4 is 11.0 Å². The number of hydrogen-bond acceptors (Lipinski definition) is 4. The molecule has 0 bridgehead atoms. The Labute approximate surface area is 161 Å². The van der Waals surface area contributed by atoms with Crippen LogP contribution in [-0.4, -0.2) is 22.6 Å². The molecule has 2 N–H and O–H groups in total. The number of carbonyl (C=O) groups excluding carboxylic acids is 1. The molecule has 0 aliphatic carbocycles. The number of aromatic amines is 1. The van der Waals surface area contributed by atoms with Gasteiger partial charge in [0.1, 0.15) is 0 Å². The Hall–Kier alpha value is -3.80. The number of rotatable bonds is 5. The van der Waals surface area contributed by atoms with Crippen LogP contribution in [0, 0.1) is 0 Å². The molecule has 0 radical (unpaired) electrons. The smallest absolute Gasteiger partial charge is 0.337 e. The van der Waals surface area contributed by atoms with Crippen molar-refractivity contribution in [2.24, 2.45) is 0 Å². The summed E-state index contributed by atoms with van der Waals surface area (Å²) in [5, 5.41) is 3.32. The van der Waals surface area contributed by atoms with E-state index in [9.17, 15) is 9.59 Å². The largest absolute Gasteiger partial charge is 0.465 e. The number of nitrogens with zero attached hydrogens (tertiary/aromatic N) is 1. The van der Waals surface area contributed by atoms with E-state index >= 15 is 0 Å². The molecule has 0 amide bonds. The molecule has 0 aliphatic heterocycles. The summed E-state index contributed by atoms with van der Waals surface area (Å²) in [6.07, 6.45) is 0. The van der Waals surface area contributed by atoms with Gasteiger partial charge >= 0.3 is 11.7 Å². The van der Waals surface area contributed by atoms with Crippen molar-refractivity contribution in [3.63, 3.8) is 0 Å². The molecule has 0 fully saturated rings. The summed E-state index contributed by atoms with van der Waals surface area (Å²) in [6.45, 7) is 0.408. The first kappa shape index (κ1) is 17.6. The van der Waals surface area contributed by atoms with Crippen molar-refractivity contribution >= 4 is 28.4 Å². The quantitative estimate of drug-likeness (QED) is 0.520. The van der Waals surface area contributed by atoms with E-state index < -0.39 is 0 Å². The highest BCUT2D eigenvalue weighted by atomic mass is 16.5. The number of fused-ring (bicyclic) bond motifs is 1. The lowest BCUT2D eigenvalue weighted by atomic mass is 10.1. The predicted molar refractivity (Wildman–Crippen MR) is 109 cm³/mol. The Balaban J connectivity index is 1.60. The molecule has 1 heterocycles. The van der Waals surface area contributed by atoms with Crippen LogP contribution >= 0.6 is 0 Å². The standard InChI is InChI=1S/C22H19N3O3/c1-28-21(26)16-9-7-15(8-10-16)14-25-20-12-11-18(13-19(20)24-22(25)27)23-17-5-3-2-4-6-17/h2-13,23H,14H2,1H3,(H,24,27). The Morgan fingerprint density at radius 3 is 2.46 bits per heavy atom. The van der Waals surface area contributed by atoms with Crippen LogP contribution in [0.5, 0.6) is 0 Å². The van der Waals surface area contributed by atoms with Crippen molar-refractivity contribution in [2.75, 3.05) is 12.4 Å². The van der Waals surface area contributed by atoms with Gasteiger partial charge in [0.15, 0.2) is 0 Å². The summed E-state index contributed by atoms with van der Waals surface area (Å²) in [5.74, 6) is -0.380. The van der Waals surface area contributed by atoms with Gasteiger partial charge in [-0.1, -0.05) is 30.3 Å². The zero-order valence-corrected chi connectivity index (χ0v) is 15.3. The predicted octanol–water partition coefficient (Wildman–Crippen LogP) is 3.91. The number of methoxy groups -OCH3 is 1. The average Bonchev–Trinajstić information content (AvgIpc) is 3.03. The molecule has 1 aromatic heterocycles. The number of anilines is 2. The zero-order chi connectivity index (χ0) is 19.5. The molecule has 3 aromatic carbocycles. The highest BCUT2D eigenvalue weighted by molar-refractivity contribution is 5.89. The fourth-order valence-electron chi connectivity index (χ4n) is 3.13. The Bertz CT molecular complexity index is 1180. The van der Waals surface area contributed by atoms with Gasteiger partial charge in [-0.05, 0) is 48.0 Å². The molecule has 28 heavy (non-hydrogen) atoms. The molecule has 0 atom stereocenters. The minimum absolute atomic E-state index is 0.177. The number of benzene rings is 3. The van der Waals surface area contributed by atoms with E-state index in [0.29, 0.717) is 12.1 Å². The van der Waals surface area contributed by atoms with Gasteiger partial charge in [0.2, 0.25) is 0 Å². The van der Waals surface area contributed by atoms with Crippen LogP contribution in [0.2, 0.25) is 0 Å². The lowest BCUT2D eigenvalue weighted by Gasteiger charge is -2.08. The van der Waals surface area contributed by atoms with Crippen LogP contribution in [0.1, 0.15) is 15.9 Å². The van der Waals surface area contributed by atoms with Gasteiger partial charge < -0.3 is 15.0 Å². The van der Waals surface area contributed by atoms with Crippen LogP contribution in [0.25, 0.3) is 11.0 Å². The van der Waals surface area contributed by atoms with E-state index in [2.05, 4.69) is 10.3 Å². The first-order chi connectivity index (χ1) is 13.6. The number of esters is 1. The second kappa shape index (κ2) is 7.44. The first-order valence-corrected chi connectivity index (χ1v) is 8.86. The molecule has 6 heteroatoms. The van der Waals surface area contributed by atoms with E-state index in [0.717, 1.165) is 28.0 Å². The fraction of sp³-hybridized carbons (Fsp3) is 0.0909. The molecule has 4 aromatic rings. The monoisotopic (exact) mass is 373 g/mol. The number of carbonyl (C=O) groups is 1. The summed E-state index contributed by atoms with van der Waals surface area (Å²) in [5.41, 5.74) is 4.68. The molecule has 4 rings (SSSR count). The summed E-state index contributed by atoms with van der Waals surface area (Å²) in [4.78, 5) is 26.9. The average molecular weight is 373 g/mol. The number of ether oxygens (including phenoxy) is 1. The van der Waals surface area contributed by atoms with Gasteiger partial charge in [-0.15, -0.1) is 0 Å². The normalized spacial score (nSPS) is 10.8. The molecular formula is C22H19N3O3. The van der Waals surface area contributed by atoms with Gasteiger partial charge in [-0.3, -0.25) is 4.57 Å². The Kier molecular flexibility index (Phi) is 4.68. The van der Waals surface area contributed by atoms with Gasteiger partial charge in [0.25, 0.3) is 0 Å².